The molecule has 1 atom stereocenters. The van der Waals surface area contributed by atoms with Crippen LogP contribution in [0.3, 0.4) is 0 Å². The fourth-order valence-electron chi connectivity index (χ4n) is 4.51. The number of para-hydroxylation sites is 1. The minimum absolute atomic E-state index is 0.129. The van der Waals surface area contributed by atoms with Crippen LogP contribution in [-0.4, -0.2) is 72.6 Å². The van der Waals surface area contributed by atoms with E-state index in [1.54, 1.807) is 12.1 Å². The van der Waals surface area contributed by atoms with Gasteiger partial charge in [0.1, 0.15) is 10.8 Å². The predicted octanol–water partition coefficient (Wildman–Crippen LogP) is 2.81. The number of hydrogen-bond acceptors (Lipinski definition) is 6. The van der Waals surface area contributed by atoms with Gasteiger partial charge in [-0.2, -0.15) is 0 Å². The van der Waals surface area contributed by atoms with Crippen molar-refractivity contribution in [2.24, 2.45) is 5.92 Å². The molecular formula is C24H31FN4O3S. The number of benzene rings is 1. The molecule has 3 N–H and O–H groups in total. The van der Waals surface area contributed by atoms with Crippen molar-refractivity contribution in [3.05, 3.63) is 46.1 Å². The highest BCUT2D eigenvalue weighted by atomic mass is 32.1. The van der Waals surface area contributed by atoms with Gasteiger partial charge in [-0.05, 0) is 42.9 Å². The van der Waals surface area contributed by atoms with E-state index in [2.05, 4.69) is 27.4 Å². The lowest BCUT2D eigenvalue weighted by atomic mass is 9.88. The second-order valence-corrected chi connectivity index (χ2v) is 9.98. The van der Waals surface area contributed by atoms with Gasteiger partial charge in [0, 0.05) is 37.6 Å². The van der Waals surface area contributed by atoms with Crippen LogP contribution in [-0.2, 0) is 17.6 Å². The first-order valence-corrected chi connectivity index (χ1v) is 12.3. The van der Waals surface area contributed by atoms with Crippen LogP contribution in [0.15, 0.2) is 24.3 Å². The summed E-state index contributed by atoms with van der Waals surface area (Å²) in [5.41, 5.74) is 1.57. The number of carbonyl (C=O) groups is 2. The van der Waals surface area contributed by atoms with Crippen molar-refractivity contribution in [1.82, 2.24) is 9.80 Å². The average Bonchev–Trinajstić information content (AvgIpc) is 3.13. The summed E-state index contributed by atoms with van der Waals surface area (Å²) in [6.07, 6.45) is 2.63. The van der Waals surface area contributed by atoms with E-state index in [9.17, 15) is 14.0 Å². The Labute approximate surface area is 197 Å². The lowest BCUT2D eigenvalue weighted by Gasteiger charge is -2.33. The van der Waals surface area contributed by atoms with Gasteiger partial charge in [-0.1, -0.05) is 19.1 Å². The molecule has 1 aromatic carbocycles. The number of aliphatic hydroxyl groups is 1. The minimum atomic E-state index is -0.491. The number of anilines is 2. The number of hydrogen-bond donors (Lipinski definition) is 3. The van der Waals surface area contributed by atoms with Gasteiger partial charge in [-0.25, -0.2) is 4.39 Å². The number of β-amino-alcohol motifs (C(OH)–C–C–N with tert-alkyl or cyclic N) is 1. The Morgan fingerprint density at radius 1 is 1.15 bits per heavy atom. The first kappa shape index (κ1) is 23.8. The maximum atomic E-state index is 14.1. The summed E-state index contributed by atoms with van der Waals surface area (Å²) in [5, 5.41) is 15.3. The number of piperazine rings is 1. The molecule has 33 heavy (non-hydrogen) atoms. The molecule has 1 unspecified atom stereocenters. The second-order valence-electron chi connectivity index (χ2n) is 8.88. The van der Waals surface area contributed by atoms with Crippen LogP contribution in [0.1, 0.15) is 34.1 Å². The molecule has 2 heterocycles. The van der Waals surface area contributed by atoms with Crippen molar-refractivity contribution in [1.29, 1.82) is 0 Å². The van der Waals surface area contributed by atoms with Crippen LogP contribution >= 0.6 is 11.3 Å². The summed E-state index contributed by atoms with van der Waals surface area (Å²) in [5.74, 6) is -0.510. The largest absolute Gasteiger partial charge is 0.395 e. The molecule has 0 spiro atoms. The summed E-state index contributed by atoms with van der Waals surface area (Å²) in [6, 6.07) is 6.09. The van der Waals surface area contributed by atoms with Crippen molar-refractivity contribution in [3.63, 3.8) is 0 Å². The molecule has 0 radical (unpaired) electrons. The van der Waals surface area contributed by atoms with E-state index in [-0.39, 0.29) is 30.7 Å². The molecule has 1 fully saturated rings. The van der Waals surface area contributed by atoms with Gasteiger partial charge >= 0.3 is 0 Å². The first-order chi connectivity index (χ1) is 15.9. The fourth-order valence-corrected chi connectivity index (χ4v) is 5.93. The van der Waals surface area contributed by atoms with E-state index in [0.717, 1.165) is 55.9 Å². The van der Waals surface area contributed by atoms with Crippen LogP contribution < -0.4 is 10.6 Å². The number of rotatable bonds is 7. The number of aliphatic hydroxyl groups excluding tert-OH is 1. The van der Waals surface area contributed by atoms with Gasteiger partial charge in [0.05, 0.1) is 24.4 Å². The van der Waals surface area contributed by atoms with Crippen LogP contribution in [0.2, 0.25) is 0 Å². The third-order valence-electron chi connectivity index (χ3n) is 6.36. The average molecular weight is 475 g/mol. The van der Waals surface area contributed by atoms with Gasteiger partial charge in [0.25, 0.3) is 5.91 Å². The van der Waals surface area contributed by atoms with Crippen LogP contribution in [0.4, 0.5) is 15.1 Å². The van der Waals surface area contributed by atoms with Crippen molar-refractivity contribution in [3.8, 4) is 0 Å². The van der Waals surface area contributed by atoms with E-state index in [0.29, 0.717) is 23.0 Å². The van der Waals surface area contributed by atoms with Gasteiger partial charge in [0.15, 0.2) is 0 Å². The summed E-state index contributed by atoms with van der Waals surface area (Å²) >= 11 is 1.47. The Hall–Kier alpha value is -2.33. The van der Waals surface area contributed by atoms with Crippen LogP contribution in [0.5, 0.6) is 0 Å². The minimum Gasteiger partial charge on any atom is -0.395 e. The molecule has 2 aromatic rings. The monoisotopic (exact) mass is 474 g/mol. The highest BCUT2D eigenvalue weighted by Crippen LogP contribution is 2.40. The highest BCUT2D eigenvalue weighted by Gasteiger charge is 2.29. The Kier molecular flexibility index (Phi) is 7.75. The van der Waals surface area contributed by atoms with E-state index in [1.807, 2.05) is 0 Å². The Morgan fingerprint density at radius 3 is 2.61 bits per heavy atom. The smallest absolute Gasteiger partial charge is 0.259 e. The number of thiophene rings is 1. The fraction of sp³-hybridized carbons (Fsp3) is 0.500. The molecule has 1 aliphatic carbocycles. The van der Waals surface area contributed by atoms with Gasteiger partial charge < -0.3 is 15.7 Å². The molecule has 9 heteroatoms. The van der Waals surface area contributed by atoms with E-state index < -0.39 is 5.82 Å². The normalized spacial score (nSPS) is 19.2. The first-order valence-electron chi connectivity index (χ1n) is 11.5. The maximum absolute atomic E-state index is 14.1. The SMILES string of the molecule is CC1CCc2c(sc(NC(=O)CN3CCN(CCO)CC3)c2C(=O)Nc2ccccc2F)C1. The van der Waals surface area contributed by atoms with E-state index in [1.165, 1.54) is 23.5 Å². The molecule has 4 rings (SSSR count). The predicted molar refractivity (Wildman–Crippen MR) is 128 cm³/mol. The zero-order valence-electron chi connectivity index (χ0n) is 18.9. The zero-order valence-corrected chi connectivity index (χ0v) is 19.7. The van der Waals surface area contributed by atoms with Crippen molar-refractivity contribution in [2.75, 3.05) is 56.5 Å². The van der Waals surface area contributed by atoms with Crippen molar-refractivity contribution < 1.29 is 19.1 Å². The molecule has 0 saturated carbocycles. The number of nitrogens with one attached hydrogen (secondary N) is 2. The standard InChI is InChI=1S/C24H31FN4O3S/c1-16-6-7-17-20(14-16)33-24(22(17)23(32)26-19-5-3-2-4-18(19)25)27-21(31)15-29-10-8-28(9-11-29)12-13-30/h2-5,16,30H,6-15H2,1H3,(H,26,32)(H,27,31). The topological polar surface area (TPSA) is 84.9 Å². The Balaban J connectivity index is 1.48. The Bertz CT molecular complexity index is 1000. The number of halogens is 1. The molecular weight excluding hydrogens is 443 g/mol. The van der Waals surface area contributed by atoms with Crippen molar-refractivity contribution >= 4 is 33.8 Å². The number of nitrogens with zero attached hydrogens (tertiary/aromatic N) is 2. The third kappa shape index (κ3) is 5.78. The van der Waals surface area contributed by atoms with E-state index in [4.69, 9.17) is 5.11 Å². The number of amides is 2. The van der Waals surface area contributed by atoms with Gasteiger partial charge in [-0.15, -0.1) is 11.3 Å². The summed E-state index contributed by atoms with van der Waals surface area (Å²) < 4.78 is 14.1. The van der Waals surface area contributed by atoms with Crippen LogP contribution in [0.25, 0.3) is 0 Å². The summed E-state index contributed by atoms with van der Waals surface area (Å²) in [7, 11) is 0. The van der Waals surface area contributed by atoms with Gasteiger partial charge in [-0.3, -0.25) is 19.4 Å². The quantitative estimate of drug-likeness (QED) is 0.575. The molecule has 7 nitrogen and oxygen atoms in total. The number of fused-ring (bicyclic) bond motifs is 1. The molecule has 1 saturated heterocycles. The summed E-state index contributed by atoms with van der Waals surface area (Å²) in [6.45, 7) is 6.37. The van der Waals surface area contributed by atoms with E-state index >= 15 is 0 Å². The highest BCUT2D eigenvalue weighted by molar-refractivity contribution is 7.17. The molecule has 2 amide bonds. The molecule has 1 aliphatic heterocycles. The zero-order chi connectivity index (χ0) is 23.4. The maximum Gasteiger partial charge on any atom is 0.259 e. The van der Waals surface area contributed by atoms with Crippen LogP contribution in [0, 0.1) is 11.7 Å². The lowest BCUT2D eigenvalue weighted by Crippen LogP contribution is -2.49. The van der Waals surface area contributed by atoms with Gasteiger partial charge in [0.2, 0.25) is 5.91 Å². The second kappa shape index (κ2) is 10.7. The molecule has 0 bridgehead atoms. The molecule has 1 aromatic heterocycles. The number of carbonyl (C=O) groups excluding carboxylic acids is 2. The molecule has 178 valence electrons. The van der Waals surface area contributed by atoms with Crippen molar-refractivity contribution in [2.45, 2.75) is 26.2 Å². The molecule has 2 aliphatic rings. The Morgan fingerprint density at radius 2 is 1.88 bits per heavy atom. The lowest BCUT2D eigenvalue weighted by molar-refractivity contribution is -0.117. The summed E-state index contributed by atoms with van der Waals surface area (Å²) in [4.78, 5) is 31.5. The third-order valence-corrected chi connectivity index (χ3v) is 7.53.